The van der Waals surface area contributed by atoms with Gasteiger partial charge < -0.3 is 5.32 Å². The summed E-state index contributed by atoms with van der Waals surface area (Å²) in [6.45, 7) is 4.58. The molecule has 1 aliphatic carbocycles. The molecule has 30 heavy (non-hydrogen) atoms. The molecule has 1 aromatic carbocycles. The number of hydrogen-bond acceptors (Lipinski definition) is 5. The molecule has 0 bridgehead atoms. The highest BCUT2D eigenvalue weighted by molar-refractivity contribution is 7.99. The maximum absolute atomic E-state index is 13.2. The lowest BCUT2D eigenvalue weighted by atomic mass is 9.97. The predicted molar refractivity (Wildman–Crippen MR) is 125 cm³/mol. The largest absolute Gasteiger partial charge is 0.351 e. The number of carbonyl (C=O) groups excluding carboxylic acids is 1. The van der Waals surface area contributed by atoms with Gasteiger partial charge in [0.1, 0.15) is 4.83 Å². The Morgan fingerprint density at radius 1 is 1.30 bits per heavy atom. The van der Waals surface area contributed by atoms with Crippen LogP contribution in [0.2, 0.25) is 5.02 Å². The van der Waals surface area contributed by atoms with Crippen molar-refractivity contribution in [1.29, 1.82) is 0 Å². The van der Waals surface area contributed by atoms with Crippen molar-refractivity contribution in [3.8, 4) is 0 Å². The summed E-state index contributed by atoms with van der Waals surface area (Å²) in [6, 6.07) is 7.36. The van der Waals surface area contributed by atoms with E-state index in [1.54, 1.807) is 34.1 Å². The predicted octanol–water partition coefficient (Wildman–Crippen LogP) is 4.58. The highest BCUT2D eigenvalue weighted by Gasteiger charge is 2.22. The van der Waals surface area contributed by atoms with Gasteiger partial charge in [-0.05, 0) is 48.9 Å². The summed E-state index contributed by atoms with van der Waals surface area (Å²) >= 11 is 8.80. The average Bonchev–Trinajstić information content (AvgIpc) is 3.12. The molecule has 0 spiro atoms. The fraction of sp³-hybridized carbons (Fsp3) is 0.318. The van der Waals surface area contributed by atoms with Gasteiger partial charge in [-0.25, -0.2) is 4.98 Å². The van der Waals surface area contributed by atoms with Gasteiger partial charge in [-0.15, -0.1) is 17.9 Å². The Labute approximate surface area is 188 Å². The number of rotatable bonds is 7. The van der Waals surface area contributed by atoms with Gasteiger partial charge in [-0.2, -0.15) is 0 Å². The number of hydrogen-bond donors (Lipinski definition) is 1. The zero-order valence-corrected chi connectivity index (χ0v) is 18.8. The van der Waals surface area contributed by atoms with Crippen molar-refractivity contribution >= 4 is 50.8 Å². The van der Waals surface area contributed by atoms with Crippen LogP contribution < -0.4 is 10.9 Å². The normalized spacial score (nSPS) is 13.2. The molecule has 1 aliphatic rings. The number of nitrogens with zero attached hydrogens (tertiary/aromatic N) is 2. The van der Waals surface area contributed by atoms with Crippen LogP contribution in [0.5, 0.6) is 0 Å². The number of thiophene rings is 1. The highest BCUT2D eigenvalue weighted by atomic mass is 35.5. The van der Waals surface area contributed by atoms with Gasteiger partial charge >= 0.3 is 0 Å². The van der Waals surface area contributed by atoms with E-state index in [9.17, 15) is 9.59 Å². The molecule has 4 rings (SSSR count). The first kappa shape index (κ1) is 21.2. The quantitative estimate of drug-likeness (QED) is 0.319. The van der Waals surface area contributed by atoms with Gasteiger partial charge in [0.05, 0.1) is 11.1 Å². The third kappa shape index (κ3) is 4.48. The van der Waals surface area contributed by atoms with Crippen LogP contribution in [0.15, 0.2) is 46.9 Å². The Morgan fingerprint density at radius 2 is 2.07 bits per heavy atom. The monoisotopic (exact) mass is 459 g/mol. The first-order valence-electron chi connectivity index (χ1n) is 9.86. The van der Waals surface area contributed by atoms with Gasteiger partial charge in [-0.3, -0.25) is 14.2 Å². The Kier molecular flexibility index (Phi) is 6.61. The minimum Gasteiger partial charge on any atom is -0.351 e. The van der Waals surface area contributed by atoms with Crippen LogP contribution in [0.25, 0.3) is 10.2 Å². The molecule has 5 nitrogen and oxygen atoms in total. The van der Waals surface area contributed by atoms with Crippen LogP contribution in [-0.4, -0.2) is 21.2 Å². The summed E-state index contributed by atoms with van der Waals surface area (Å²) < 4.78 is 1.63. The van der Waals surface area contributed by atoms with Crippen LogP contribution in [-0.2, 0) is 30.7 Å². The lowest BCUT2D eigenvalue weighted by Crippen LogP contribution is -2.26. The fourth-order valence-corrected chi connectivity index (χ4v) is 5.87. The lowest BCUT2D eigenvalue weighted by molar-refractivity contribution is -0.118. The summed E-state index contributed by atoms with van der Waals surface area (Å²) in [6.07, 6.45) is 5.94. The molecule has 0 saturated heterocycles. The smallest absolute Gasteiger partial charge is 0.263 e. The maximum Gasteiger partial charge on any atom is 0.263 e. The van der Waals surface area contributed by atoms with Gasteiger partial charge in [0.15, 0.2) is 5.16 Å². The first-order chi connectivity index (χ1) is 14.6. The molecule has 0 radical (unpaired) electrons. The van der Waals surface area contributed by atoms with Crippen LogP contribution in [0.3, 0.4) is 0 Å². The molecular weight excluding hydrogens is 438 g/mol. The molecule has 0 atom stereocenters. The molecule has 0 fully saturated rings. The molecule has 1 N–H and O–H groups in total. The van der Waals surface area contributed by atoms with Crippen molar-refractivity contribution in [1.82, 2.24) is 14.9 Å². The van der Waals surface area contributed by atoms with E-state index in [4.69, 9.17) is 16.6 Å². The Morgan fingerprint density at radius 3 is 2.83 bits per heavy atom. The Hall–Kier alpha value is -2.09. The molecule has 0 saturated carbocycles. The fourth-order valence-electron chi connectivity index (χ4n) is 3.60. The van der Waals surface area contributed by atoms with E-state index in [0.29, 0.717) is 23.3 Å². The van der Waals surface area contributed by atoms with Crippen molar-refractivity contribution in [2.45, 2.75) is 43.9 Å². The lowest BCUT2D eigenvalue weighted by Gasteiger charge is -2.12. The number of fused-ring (bicyclic) bond motifs is 3. The molecular formula is C22H22ClN3O2S2. The molecule has 2 heterocycles. The number of carbonyl (C=O) groups is 1. The number of benzene rings is 1. The first-order valence-corrected chi connectivity index (χ1v) is 12.0. The molecule has 1 amide bonds. The Balaban J connectivity index is 1.52. The van der Waals surface area contributed by atoms with E-state index >= 15 is 0 Å². The van der Waals surface area contributed by atoms with Gasteiger partial charge in [0, 0.05) is 23.0 Å². The van der Waals surface area contributed by atoms with Crippen LogP contribution >= 0.6 is 34.7 Å². The molecule has 8 heteroatoms. The van der Waals surface area contributed by atoms with Crippen molar-refractivity contribution in [3.63, 3.8) is 0 Å². The van der Waals surface area contributed by atoms with Gasteiger partial charge in [-0.1, -0.05) is 41.6 Å². The second-order valence-electron chi connectivity index (χ2n) is 7.18. The summed E-state index contributed by atoms with van der Waals surface area (Å²) in [4.78, 5) is 32.4. The second kappa shape index (κ2) is 9.37. The highest BCUT2D eigenvalue weighted by Crippen LogP contribution is 2.34. The van der Waals surface area contributed by atoms with Crippen molar-refractivity contribution in [3.05, 3.63) is 68.3 Å². The standard InChI is InChI=1S/C22H22ClN3O2S2/c1-2-11-26-21(28)19-16-5-3-4-6-17(16)30-20(19)25-22(26)29-13-18(27)24-12-14-7-9-15(23)10-8-14/h2,7-10H,1,3-6,11-13H2,(H,24,27). The molecule has 156 valence electrons. The molecule has 3 aromatic rings. The van der Waals surface area contributed by atoms with E-state index in [1.165, 1.54) is 22.2 Å². The number of allylic oxidation sites excluding steroid dienone is 1. The average molecular weight is 460 g/mol. The van der Waals surface area contributed by atoms with E-state index in [-0.39, 0.29) is 17.2 Å². The molecule has 0 unspecified atom stereocenters. The summed E-state index contributed by atoms with van der Waals surface area (Å²) in [7, 11) is 0. The zero-order valence-electron chi connectivity index (χ0n) is 16.4. The number of nitrogens with one attached hydrogen (secondary N) is 1. The third-order valence-electron chi connectivity index (χ3n) is 5.09. The van der Waals surface area contributed by atoms with Crippen LogP contribution in [0.4, 0.5) is 0 Å². The van der Waals surface area contributed by atoms with Crippen molar-refractivity contribution < 1.29 is 4.79 Å². The second-order valence-corrected chi connectivity index (χ2v) is 9.64. The number of aromatic nitrogens is 2. The Bertz CT molecular complexity index is 1150. The summed E-state index contributed by atoms with van der Waals surface area (Å²) in [5, 5.41) is 4.88. The van der Waals surface area contributed by atoms with Gasteiger partial charge in [0.25, 0.3) is 5.56 Å². The van der Waals surface area contributed by atoms with Crippen LogP contribution in [0.1, 0.15) is 28.8 Å². The van der Waals surface area contributed by atoms with Gasteiger partial charge in [0.2, 0.25) is 5.91 Å². The number of thioether (sulfide) groups is 1. The maximum atomic E-state index is 13.2. The SMILES string of the molecule is C=CCn1c(SCC(=O)NCc2ccc(Cl)cc2)nc2sc3c(c2c1=O)CCCC3. The summed E-state index contributed by atoms with van der Waals surface area (Å²) in [5.41, 5.74) is 2.13. The van der Waals surface area contributed by atoms with Crippen molar-refractivity contribution in [2.24, 2.45) is 0 Å². The molecule has 2 aromatic heterocycles. The van der Waals surface area contributed by atoms with E-state index < -0.39 is 0 Å². The minimum absolute atomic E-state index is 0.0247. The minimum atomic E-state index is -0.111. The van der Waals surface area contributed by atoms with E-state index in [2.05, 4.69) is 11.9 Å². The summed E-state index contributed by atoms with van der Waals surface area (Å²) in [5.74, 6) is 0.0771. The zero-order chi connectivity index (χ0) is 21.1. The van der Waals surface area contributed by atoms with Crippen molar-refractivity contribution in [2.75, 3.05) is 5.75 Å². The number of halogens is 1. The topological polar surface area (TPSA) is 64.0 Å². The number of amides is 1. The van der Waals surface area contributed by atoms with E-state index in [1.807, 2.05) is 12.1 Å². The molecule has 0 aliphatic heterocycles. The number of aryl methyl sites for hydroxylation is 2. The van der Waals surface area contributed by atoms with Crippen LogP contribution in [0, 0.1) is 0 Å². The third-order valence-corrected chi connectivity index (χ3v) is 7.50. The van der Waals surface area contributed by atoms with E-state index in [0.717, 1.165) is 41.5 Å².